The third-order valence-corrected chi connectivity index (χ3v) is 8.23. The van der Waals surface area contributed by atoms with Crippen molar-refractivity contribution in [1.29, 1.82) is 0 Å². The van der Waals surface area contributed by atoms with E-state index in [1.807, 2.05) is 121 Å². The van der Waals surface area contributed by atoms with Crippen molar-refractivity contribution in [3.63, 3.8) is 0 Å². The predicted molar refractivity (Wildman–Crippen MR) is 193 cm³/mol. The largest absolute Gasteiger partial charge is 0.322 e. The van der Waals surface area contributed by atoms with E-state index < -0.39 is 22.1 Å². The van der Waals surface area contributed by atoms with E-state index in [-0.39, 0.29) is 31.6 Å². The standard InChI is InChI=1S/C15H18N2O2S.C14H16N2.C10H14.Ru/c1-20(18,19)17-15(13-10-6-3-7-11-13)14(16)12-8-4-2-5-9-12;15-13(11-7-3-1-4-8-11)14(16)12-9-5-2-6-10-12;1-8(2)10-6-4-9(3)5-7-10;/h2-11,14-15,17H,16H2,1H3;1-10,13-14H,15-16H2;4-8H,1-3H3;/t14-,15-;13-,14-;;/m00../s1. The van der Waals surface area contributed by atoms with E-state index in [4.69, 9.17) is 17.2 Å². The summed E-state index contributed by atoms with van der Waals surface area (Å²) in [5.74, 6) is 0.653. The van der Waals surface area contributed by atoms with Crippen LogP contribution in [0.2, 0.25) is 0 Å². The molecule has 5 aromatic carbocycles. The SMILES string of the molecule is CS(=O)(=O)N[C@@H](c1ccccc1)[C@@H](N)c1ccccc1.Cc1ccc(C(C)C)cc1.N[C@@H](c1ccccc1)[C@@H](N)c1ccccc1.[Ru]. The number of benzene rings is 5. The molecule has 0 saturated heterocycles. The van der Waals surface area contributed by atoms with Gasteiger partial charge in [-0.3, -0.25) is 0 Å². The van der Waals surface area contributed by atoms with E-state index >= 15 is 0 Å². The number of sulfonamides is 1. The topological polar surface area (TPSA) is 124 Å². The van der Waals surface area contributed by atoms with E-state index in [1.54, 1.807) is 0 Å². The maximum Gasteiger partial charge on any atom is 0.209 e. The summed E-state index contributed by atoms with van der Waals surface area (Å²) in [4.78, 5) is 0. The fourth-order valence-corrected chi connectivity index (χ4v) is 5.57. The Morgan fingerprint density at radius 3 is 1.13 bits per heavy atom. The van der Waals surface area contributed by atoms with Gasteiger partial charge in [0.1, 0.15) is 0 Å². The maximum absolute atomic E-state index is 11.6. The average molecular weight is 738 g/mol. The predicted octanol–water partition coefficient (Wildman–Crippen LogP) is 7.48. The molecule has 0 saturated carbocycles. The van der Waals surface area contributed by atoms with E-state index in [2.05, 4.69) is 49.8 Å². The fourth-order valence-electron chi connectivity index (χ4n) is 4.82. The van der Waals surface area contributed by atoms with Crippen molar-refractivity contribution in [1.82, 2.24) is 4.72 Å². The molecular weight excluding hydrogens is 690 g/mol. The first kappa shape index (κ1) is 39.7. The fraction of sp³-hybridized carbons (Fsp3) is 0.231. The first-order valence-corrected chi connectivity index (χ1v) is 17.4. The summed E-state index contributed by atoms with van der Waals surface area (Å²) in [6.45, 7) is 6.54. The molecule has 250 valence electrons. The van der Waals surface area contributed by atoms with Crippen LogP contribution in [-0.2, 0) is 29.5 Å². The van der Waals surface area contributed by atoms with E-state index in [1.165, 1.54) is 11.1 Å². The van der Waals surface area contributed by atoms with E-state index in [0.717, 1.165) is 28.5 Å². The van der Waals surface area contributed by atoms with Crippen LogP contribution < -0.4 is 21.9 Å². The molecule has 7 N–H and O–H groups in total. The summed E-state index contributed by atoms with van der Waals surface area (Å²) in [6, 6.07) is 46.2. The first-order valence-electron chi connectivity index (χ1n) is 15.5. The summed E-state index contributed by atoms with van der Waals surface area (Å²) < 4.78 is 25.8. The maximum atomic E-state index is 11.6. The van der Waals surface area contributed by atoms with Gasteiger partial charge in [-0.25, -0.2) is 13.1 Å². The van der Waals surface area contributed by atoms with Gasteiger partial charge < -0.3 is 17.2 Å². The average Bonchev–Trinajstić information content (AvgIpc) is 3.08. The molecule has 0 radical (unpaired) electrons. The second kappa shape index (κ2) is 20.0. The van der Waals surface area contributed by atoms with Crippen molar-refractivity contribution in [3.8, 4) is 0 Å². The zero-order chi connectivity index (χ0) is 33.5. The number of hydrogen-bond donors (Lipinski definition) is 4. The Kier molecular flexibility index (Phi) is 16.9. The summed E-state index contributed by atoms with van der Waals surface area (Å²) in [7, 11) is -3.35. The Balaban J connectivity index is 0.000000255. The Morgan fingerprint density at radius 2 is 0.809 bits per heavy atom. The molecular formula is C39H48N4O2RuS. The van der Waals surface area contributed by atoms with Crippen LogP contribution in [0.25, 0.3) is 0 Å². The second-order valence-electron chi connectivity index (χ2n) is 11.7. The van der Waals surface area contributed by atoms with Gasteiger partial charge in [0.2, 0.25) is 10.0 Å². The normalized spacial score (nSPS) is 13.4. The number of nitrogens with one attached hydrogen (secondary N) is 1. The van der Waals surface area contributed by atoms with E-state index in [9.17, 15) is 8.42 Å². The summed E-state index contributed by atoms with van der Waals surface area (Å²) in [5, 5.41) is 0. The minimum atomic E-state index is -3.35. The van der Waals surface area contributed by atoms with Crippen LogP contribution in [0.1, 0.15) is 77.3 Å². The molecule has 6 nitrogen and oxygen atoms in total. The van der Waals surface area contributed by atoms with Crippen LogP contribution >= 0.6 is 0 Å². The van der Waals surface area contributed by atoms with Gasteiger partial charge in [0.15, 0.2) is 0 Å². The Hall–Kier alpha value is -3.49. The number of hydrogen-bond acceptors (Lipinski definition) is 5. The minimum Gasteiger partial charge on any atom is -0.322 e. The molecule has 0 spiro atoms. The van der Waals surface area contributed by atoms with Gasteiger partial charge in [-0.1, -0.05) is 165 Å². The molecule has 0 bridgehead atoms. The molecule has 0 aliphatic carbocycles. The molecule has 8 heteroatoms. The van der Waals surface area contributed by atoms with Crippen molar-refractivity contribution in [2.75, 3.05) is 6.26 Å². The molecule has 5 rings (SSSR count). The Labute approximate surface area is 294 Å². The monoisotopic (exact) mass is 738 g/mol. The Bertz CT molecular complexity index is 1610. The van der Waals surface area contributed by atoms with Gasteiger partial charge in [0.25, 0.3) is 0 Å². The van der Waals surface area contributed by atoms with Crippen LogP contribution in [0, 0.1) is 6.92 Å². The van der Waals surface area contributed by atoms with Crippen molar-refractivity contribution >= 4 is 10.0 Å². The molecule has 0 amide bonds. The zero-order valence-electron chi connectivity index (χ0n) is 27.6. The smallest absolute Gasteiger partial charge is 0.209 e. The first-order chi connectivity index (χ1) is 22.0. The molecule has 0 aliphatic rings. The van der Waals surface area contributed by atoms with Crippen LogP contribution in [0.5, 0.6) is 0 Å². The molecule has 0 aromatic heterocycles. The minimum absolute atomic E-state index is 0. The van der Waals surface area contributed by atoms with Crippen molar-refractivity contribution in [3.05, 3.63) is 179 Å². The van der Waals surface area contributed by atoms with Crippen LogP contribution in [0.3, 0.4) is 0 Å². The van der Waals surface area contributed by atoms with Crippen molar-refractivity contribution in [2.45, 2.75) is 50.9 Å². The van der Waals surface area contributed by atoms with Gasteiger partial charge in [0.05, 0.1) is 18.3 Å². The number of rotatable bonds is 9. The Morgan fingerprint density at radius 1 is 0.489 bits per heavy atom. The summed E-state index contributed by atoms with van der Waals surface area (Å²) >= 11 is 0. The number of aryl methyl sites for hydroxylation is 1. The van der Waals surface area contributed by atoms with Crippen molar-refractivity contribution in [2.24, 2.45) is 17.2 Å². The molecule has 47 heavy (non-hydrogen) atoms. The summed E-state index contributed by atoms with van der Waals surface area (Å²) in [6.07, 6.45) is 1.14. The van der Waals surface area contributed by atoms with Crippen LogP contribution in [0.15, 0.2) is 146 Å². The van der Waals surface area contributed by atoms with Gasteiger partial charge >= 0.3 is 0 Å². The third kappa shape index (κ3) is 13.6. The second-order valence-corrected chi connectivity index (χ2v) is 13.4. The van der Waals surface area contributed by atoms with Gasteiger partial charge in [0, 0.05) is 31.6 Å². The molecule has 4 atom stereocenters. The van der Waals surface area contributed by atoms with Gasteiger partial charge in [-0.2, -0.15) is 0 Å². The third-order valence-electron chi connectivity index (χ3n) is 7.54. The zero-order valence-corrected chi connectivity index (χ0v) is 30.1. The van der Waals surface area contributed by atoms with Gasteiger partial charge in [-0.05, 0) is 40.7 Å². The molecule has 0 aliphatic heterocycles. The molecule has 5 aromatic rings. The van der Waals surface area contributed by atoms with Crippen LogP contribution in [0.4, 0.5) is 0 Å². The quantitative estimate of drug-likeness (QED) is 0.117. The molecule has 0 heterocycles. The van der Waals surface area contributed by atoms with Gasteiger partial charge in [-0.15, -0.1) is 0 Å². The van der Waals surface area contributed by atoms with Crippen LogP contribution in [-0.4, -0.2) is 14.7 Å². The summed E-state index contributed by atoms with van der Waals surface area (Å²) in [5.41, 5.74) is 25.2. The molecule has 0 unspecified atom stereocenters. The number of nitrogens with two attached hydrogens (primary N) is 3. The molecule has 0 fully saturated rings. The van der Waals surface area contributed by atoms with Crippen molar-refractivity contribution < 1.29 is 27.9 Å². The van der Waals surface area contributed by atoms with E-state index in [0.29, 0.717) is 5.92 Å².